The number of rotatable bonds is 5. The van der Waals surface area contributed by atoms with E-state index in [9.17, 15) is 4.79 Å². The Kier molecular flexibility index (Phi) is 5.12. The zero-order chi connectivity index (χ0) is 18.0. The van der Waals surface area contributed by atoms with Crippen LogP contribution in [0.1, 0.15) is 54.1 Å². The normalized spacial score (nSPS) is 15.4. The van der Waals surface area contributed by atoms with Crippen molar-refractivity contribution in [1.82, 2.24) is 5.32 Å². The summed E-state index contributed by atoms with van der Waals surface area (Å²) < 4.78 is 5.81. The molecule has 0 bridgehead atoms. The molecule has 1 aliphatic rings. The van der Waals surface area contributed by atoms with Crippen molar-refractivity contribution in [2.75, 3.05) is 0 Å². The van der Waals surface area contributed by atoms with Gasteiger partial charge in [-0.2, -0.15) is 0 Å². The first-order chi connectivity index (χ1) is 11.9. The van der Waals surface area contributed by atoms with Crippen molar-refractivity contribution in [2.45, 2.75) is 59.1 Å². The van der Waals surface area contributed by atoms with Crippen molar-refractivity contribution in [3.63, 3.8) is 0 Å². The number of aryl methyl sites for hydroxylation is 4. The van der Waals surface area contributed by atoms with E-state index in [1.165, 1.54) is 29.5 Å². The van der Waals surface area contributed by atoms with Gasteiger partial charge in [-0.05, 0) is 86.9 Å². The van der Waals surface area contributed by atoms with Gasteiger partial charge in [-0.1, -0.05) is 24.3 Å². The van der Waals surface area contributed by atoms with Crippen molar-refractivity contribution in [2.24, 2.45) is 0 Å². The fraction of sp³-hybridized carbons (Fsp3) is 0.409. The van der Waals surface area contributed by atoms with Gasteiger partial charge in [0, 0.05) is 0 Å². The third kappa shape index (κ3) is 4.04. The van der Waals surface area contributed by atoms with E-state index in [0.29, 0.717) is 0 Å². The van der Waals surface area contributed by atoms with E-state index in [2.05, 4.69) is 30.4 Å². The minimum atomic E-state index is -0.529. The number of benzene rings is 2. The minimum absolute atomic E-state index is 0.0239. The van der Waals surface area contributed by atoms with Crippen LogP contribution in [-0.4, -0.2) is 12.0 Å². The second kappa shape index (κ2) is 7.30. The van der Waals surface area contributed by atoms with Crippen LogP contribution in [0.15, 0.2) is 36.4 Å². The van der Waals surface area contributed by atoms with Gasteiger partial charge in [0.05, 0.1) is 6.04 Å². The number of amides is 1. The van der Waals surface area contributed by atoms with Crippen LogP contribution < -0.4 is 10.1 Å². The zero-order valence-corrected chi connectivity index (χ0v) is 15.6. The molecule has 0 saturated carbocycles. The van der Waals surface area contributed by atoms with Gasteiger partial charge < -0.3 is 10.1 Å². The van der Waals surface area contributed by atoms with E-state index in [1.54, 1.807) is 6.92 Å². The smallest absolute Gasteiger partial charge is 0.261 e. The van der Waals surface area contributed by atoms with Crippen LogP contribution in [0.25, 0.3) is 0 Å². The SMILES string of the molecule is Cc1ccc(O[C@H](C)C(=O)N[C@@H](C)c2ccc3c(c2)CCC3)cc1C. The lowest BCUT2D eigenvalue weighted by Gasteiger charge is -2.20. The molecule has 25 heavy (non-hydrogen) atoms. The lowest BCUT2D eigenvalue weighted by Crippen LogP contribution is -2.37. The number of hydrogen-bond donors (Lipinski definition) is 1. The van der Waals surface area contributed by atoms with Gasteiger partial charge >= 0.3 is 0 Å². The molecule has 0 heterocycles. The van der Waals surface area contributed by atoms with Crippen molar-refractivity contribution in [3.05, 3.63) is 64.2 Å². The number of carbonyl (C=O) groups excluding carboxylic acids is 1. The number of hydrogen-bond acceptors (Lipinski definition) is 2. The summed E-state index contributed by atoms with van der Waals surface area (Å²) in [5.41, 5.74) is 6.42. The highest BCUT2D eigenvalue weighted by molar-refractivity contribution is 5.81. The summed E-state index contributed by atoms with van der Waals surface area (Å²) in [5, 5.41) is 3.07. The Morgan fingerprint density at radius 3 is 2.52 bits per heavy atom. The van der Waals surface area contributed by atoms with Gasteiger partial charge in [0.2, 0.25) is 0 Å². The number of ether oxygens (including phenoxy) is 1. The predicted molar refractivity (Wildman–Crippen MR) is 101 cm³/mol. The summed E-state index contributed by atoms with van der Waals surface area (Å²) in [5.74, 6) is 0.641. The Morgan fingerprint density at radius 2 is 1.76 bits per heavy atom. The molecule has 0 fully saturated rings. The second-order valence-electron chi connectivity index (χ2n) is 7.12. The lowest BCUT2D eigenvalue weighted by molar-refractivity contribution is -0.127. The standard InChI is InChI=1S/C22H27NO2/c1-14-8-11-21(12-15(14)2)25-17(4)22(24)23-16(3)19-10-9-18-6-5-7-20(18)13-19/h8-13,16-17H,5-7H2,1-4H3,(H,23,24)/t16-,17+/m0/s1. The molecule has 0 radical (unpaired) electrons. The number of fused-ring (bicyclic) bond motifs is 1. The van der Waals surface area contributed by atoms with E-state index in [4.69, 9.17) is 4.74 Å². The molecular weight excluding hydrogens is 310 g/mol. The third-order valence-corrected chi connectivity index (χ3v) is 5.14. The average molecular weight is 337 g/mol. The van der Waals surface area contributed by atoms with Crippen LogP contribution in [0.5, 0.6) is 5.75 Å². The molecule has 3 heteroatoms. The van der Waals surface area contributed by atoms with Crippen LogP contribution in [-0.2, 0) is 17.6 Å². The maximum absolute atomic E-state index is 12.5. The quantitative estimate of drug-likeness (QED) is 0.876. The molecule has 0 spiro atoms. The molecule has 1 amide bonds. The van der Waals surface area contributed by atoms with Crippen LogP contribution in [0.2, 0.25) is 0 Å². The van der Waals surface area contributed by atoms with E-state index in [0.717, 1.165) is 23.3 Å². The third-order valence-electron chi connectivity index (χ3n) is 5.14. The molecule has 132 valence electrons. The molecule has 1 aliphatic carbocycles. The maximum atomic E-state index is 12.5. The van der Waals surface area contributed by atoms with E-state index >= 15 is 0 Å². The molecular formula is C22H27NO2. The van der Waals surface area contributed by atoms with E-state index < -0.39 is 6.10 Å². The van der Waals surface area contributed by atoms with Gasteiger partial charge in [-0.3, -0.25) is 4.79 Å². The Bertz CT molecular complexity index is 782. The highest BCUT2D eigenvalue weighted by Gasteiger charge is 2.19. The van der Waals surface area contributed by atoms with Gasteiger partial charge in [0.25, 0.3) is 5.91 Å². The Labute approximate surface area is 150 Å². The summed E-state index contributed by atoms with van der Waals surface area (Å²) in [6, 6.07) is 12.5. The molecule has 0 saturated heterocycles. The number of carbonyl (C=O) groups is 1. The topological polar surface area (TPSA) is 38.3 Å². The van der Waals surface area contributed by atoms with Crippen LogP contribution in [0, 0.1) is 13.8 Å². The Hall–Kier alpha value is -2.29. The summed E-state index contributed by atoms with van der Waals surface area (Å²) in [4.78, 5) is 12.5. The summed E-state index contributed by atoms with van der Waals surface area (Å²) >= 11 is 0. The van der Waals surface area contributed by atoms with Gasteiger partial charge in [0.1, 0.15) is 5.75 Å². The number of nitrogens with one attached hydrogen (secondary N) is 1. The van der Waals surface area contributed by atoms with Gasteiger partial charge in [0.15, 0.2) is 6.10 Å². The van der Waals surface area contributed by atoms with Crippen LogP contribution in [0.3, 0.4) is 0 Å². The Balaban J connectivity index is 1.61. The Morgan fingerprint density at radius 1 is 1.00 bits per heavy atom. The molecule has 0 unspecified atom stereocenters. The lowest BCUT2D eigenvalue weighted by atomic mass is 10.0. The first-order valence-corrected chi connectivity index (χ1v) is 9.10. The summed E-state index contributed by atoms with van der Waals surface area (Å²) in [6.45, 7) is 7.92. The van der Waals surface area contributed by atoms with Crippen molar-refractivity contribution in [1.29, 1.82) is 0 Å². The van der Waals surface area contributed by atoms with Gasteiger partial charge in [-0.15, -0.1) is 0 Å². The van der Waals surface area contributed by atoms with Crippen molar-refractivity contribution >= 4 is 5.91 Å². The average Bonchev–Trinajstić information content (AvgIpc) is 3.05. The highest BCUT2D eigenvalue weighted by atomic mass is 16.5. The monoisotopic (exact) mass is 337 g/mol. The van der Waals surface area contributed by atoms with Crippen LogP contribution >= 0.6 is 0 Å². The van der Waals surface area contributed by atoms with E-state index in [1.807, 2.05) is 32.0 Å². The largest absolute Gasteiger partial charge is 0.481 e. The molecule has 3 rings (SSSR count). The first kappa shape index (κ1) is 17.5. The van der Waals surface area contributed by atoms with Crippen molar-refractivity contribution < 1.29 is 9.53 Å². The van der Waals surface area contributed by atoms with E-state index in [-0.39, 0.29) is 11.9 Å². The van der Waals surface area contributed by atoms with Crippen LogP contribution in [0.4, 0.5) is 0 Å². The molecule has 0 aromatic heterocycles. The first-order valence-electron chi connectivity index (χ1n) is 9.10. The summed E-state index contributed by atoms with van der Waals surface area (Å²) in [6.07, 6.45) is 3.03. The predicted octanol–water partition coefficient (Wildman–Crippen LogP) is 4.44. The zero-order valence-electron chi connectivity index (χ0n) is 15.6. The summed E-state index contributed by atoms with van der Waals surface area (Å²) in [7, 11) is 0. The molecule has 3 nitrogen and oxygen atoms in total. The molecule has 2 aromatic carbocycles. The fourth-order valence-electron chi connectivity index (χ4n) is 3.32. The molecule has 0 aliphatic heterocycles. The molecule has 2 atom stereocenters. The van der Waals surface area contributed by atoms with Gasteiger partial charge in [-0.25, -0.2) is 0 Å². The minimum Gasteiger partial charge on any atom is -0.481 e. The molecule has 2 aromatic rings. The fourth-order valence-corrected chi connectivity index (χ4v) is 3.32. The highest BCUT2D eigenvalue weighted by Crippen LogP contribution is 2.25. The maximum Gasteiger partial charge on any atom is 0.261 e. The second-order valence-corrected chi connectivity index (χ2v) is 7.12. The van der Waals surface area contributed by atoms with Crippen molar-refractivity contribution in [3.8, 4) is 5.75 Å². The molecule has 1 N–H and O–H groups in total.